The van der Waals surface area contributed by atoms with Gasteiger partial charge in [-0.05, 0) is 51.7 Å². The van der Waals surface area contributed by atoms with E-state index in [1.54, 1.807) is 43.1 Å². The van der Waals surface area contributed by atoms with Crippen molar-refractivity contribution >= 4 is 28.3 Å². The minimum absolute atomic E-state index is 0. The summed E-state index contributed by atoms with van der Waals surface area (Å²) in [5, 5.41) is 3.56. The van der Waals surface area contributed by atoms with Gasteiger partial charge in [-0.3, -0.25) is 4.79 Å². The first kappa shape index (κ1) is 21.2. The maximum atomic E-state index is 12.7. The Morgan fingerprint density at radius 1 is 1.19 bits per heavy atom. The quantitative estimate of drug-likeness (QED) is 0.788. The lowest BCUT2D eigenvalue weighted by Crippen LogP contribution is -2.53. The van der Waals surface area contributed by atoms with Crippen LogP contribution in [-0.4, -0.2) is 50.4 Å². The molecule has 3 unspecified atom stereocenters. The Hall–Kier alpha value is -1.15. The van der Waals surface area contributed by atoms with Crippen LogP contribution in [0.25, 0.3) is 0 Å². The highest BCUT2D eigenvalue weighted by molar-refractivity contribution is 7.89. The van der Waals surface area contributed by atoms with Crippen LogP contribution in [0.3, 0.4) is 0 Å². The minimum atomic E-state index is -3.70. The Morgan fingerprint density at radius 3 is 2.27 bits per heavy atom. The fourth-order valence-electron chi connectivity index (χ4n) is 3.90. The number of piperidine rings is 1. The number of nitrogens with one attached hydrogen (secondary N) is 2. The van der Waals surface area contributed by atoms with Crippen LogP contribution in [-0.2, 0) is 14.8 Å². The molecule has 0 aliphatic carbocycles. The summed E-state index contributed by atoms with van der Waals surface area (Å²) < 4.78 is 27.5. The highest BCUT2D eigenvalue weighted by Gasteiger charge is 2.37. The first-order valence-corrected chi connectivity index (χ1v) is 10.4. The molecule has 1 aromatic carbocycles. The molecule has 0 spiro atoms. The molecular weight excluding hydrogens is 374 g/mol. The summed E-state index contributed by atoms with van der Waals surface area (Å²) in [6, 6.07) is 6.97. The van der Waals surface area contributed by atoms with E-state index in [9.17, 15) is 13.2 Å². The van der Waals surface area contributed by atoms with E-state index in [0.717, 1.165) is 18.4 Å². The smallest absolute Gasteiger partial charge is 0.241 e. The molecule has 0 aromatic heterocycles. The molecule has 0 saturated carbocycles. The summed E-state index contributed by atoms with van der Waals surface area (Å²) in [6.45, 7) is 3.51. The second-order valence-corrected chi connectivity index (χ2v) is 9.08. The summed E-state index contributed by atoms with van der Waals surface area (Å²) in [7, 11) is -1.92. The number of amides is 1. The summed E-state index contributed by atoms with van der Waals surface area (Å²) in [5.74, 6) is -0.179. The zero-order valence-electron chi connectivity index (χ0n) is 15.4. The van der Waals surface area contributed by atoms with Crippen LogP contribution in [0.15, 0.2) is 29.2 Å². The summed E-state index contributed by atoms with van der Waals surface area (Å²) >= 11 is 0. The Balaban J connectivity index is 0.00000243. The van der Waals surface area contributed by atoms with E-state index in [1.807, 2.05) is 6.92 Å². The van der Waals surface area contributed by atoms with Gasteiger partial charge in [0.2, 0.25) is 15.9 Å². The van der Waals surface area contributed by atoms with Crippen molar-refractivity contribution in [2.75, 3.05) is 7.05 Å². The van der Waals surface area contributed by atoms with Crippen LogP contribution < -0.4 is 10.0 Å². The van der Waals surface area contributed by atoms with Gasteiger partial charge >= 0.3 is 0 Å². The minimum Gasteiger partial charge on any atom is -0.341 e. The van der Waals surface area contributed by atoms with E-state index in [2.05, 4.69) is 10.0 Å². The molecule has 2 fully saturated rings. The molecule has 3 atom stereocenters. The van der Waals surface area contributed by atoms with Gasteiger partial charge in [0.25, 0.3) is 0 Å². The second kappa shape index (κ2) is 8.25. The molecule has 1 aromatic rings. The first-order chi connectivity index (χ1) is 11.8. The third kappa shape index (κ3) is 4.57. The van der Waals surface area contributed by atoms with Crippen LogP contribution in [0.1, 0.15) is 38.2 Å². The molecule has 8 heteroatoms. The van der Waals surface area contributed by atoms with Crippen LogP contribution in [0.4, 0.5) is 0 Å². The van der Waals surface area contributed by atoms with Crippen molar-refractivity contribution in [2.24, 2.45) is 0 Å². The maximum Gasteiger partial charge on any atom is 0.241 e. The summed E-state index contributed by atoms with van der Waals surface area (Å²) in [4.78, 5) is 14.6. The number of likely N-dealkylation sites (N-methyl/N-ethyl adjacent to an activating group) is 1. The number of halogens is 1. The number of hydrogen-bond donors (Lipinski definition) is 2. The van der Waals surface area contributed by atoms with Crippen molar-refractivity contribution in [1.29, 1.82) is 0 Å². The van der Waals surface area contributed by atoms with Crippen molar-refractivity contribution in [3.05, 3.63) is 29.8 Å². The first-order valence-electron chi connectivity index (χ1n) is 8.88. The van der Waals surface area contributed by atoms with Gasteiger partial charge in [0.05, 0.1) is 10.9 Å². The zero-order valence-corrected chi connectivity index (χ0v) is 17.1. The van der Waals surface area contributed by atoms with Crippen molar-refractivity contribution in [3.63, 3.8) is 0 Å². The zero-order chi connectivity index (χ0) is 18.2. The number of hydrogen-bond acceptors (Lipinski definition) is 4. The lowest BCUT2D eigenvalue weighted by Gasteiger charge is -2.36. The molecule has 2 aliphatic rings. The van der Waals surface area contributed by atoms with E-state index < -0.39 is 16.1 Å². The highest BCUT2D eigenvalue weighted by Crippen LogP contribution is 2.29. The van der Waals surface area contributed by atoms with Gasteiger partial charge in [-0.1, -0.05) is 17.7 Å². The molecule has 146 valence electrons. The van der Waals surface area contributed by atoms with E-state index in [4.69, 9.17) is 0 Å². The van der Waals surface area contributed by atoms with Gasteiger partial charge in [-0.2, -0.15) is 4.72 Å². The normalized spacial score (nSPS) is 26.0. The second-order valence-electron chi connectivity index (χ2n) is 7.37. The van der Waals surface area contributed by atoms with Gasteiger partial charge in [0.1, 0.15) is 0 Å². The number of sulfonamides is 1. The fraction of sp³-hybridized carbons (Fsp3) is 0.611. The SMILES string of the molecule is Cc1ccc(S(=O)(=O)NC(C)C(=O)N(C)C2CC3CCC(C2)N3)cc1.Cl. The number of carbonyl (C=O) groups excluding carboxylic acids is 1. The Morgan fingerprint density at radius 2 is 1.73 bits per heavy atom. The molecule has 2 aliphatic heterocycles. The van der Waals surface area contributed by atoms with Crippen LogP contribution in [0.5, 0.6) is 0 Å². The number of nitrogens with zero attached hydrogens (tertiary/aromatic N) is 1. The monoisotopic (exact) mass is 401 g/mol. The molecule has 6 nitrogen and oxygen atoms in total. The number of rotatable bonds is 5. The number of fused-ring (bicyclic) bond motifs is 2. The number of benzene rings is 1. The molecule has 26 heavy (non-hydrogen) atoms. The molecule has 2 saturated heterocycles. The van der Waals surface area contributed by atoms with Crippen LogP contribution >= 0.6 is 12.4 Å². The molecule has 2 N–H and O–H groups in total. The van der Waals surface area contributed by atoms with E-state index in [0.29, 0.717) is 12.1 Å². The van der Waals surface area contributed by atoms with Crippen molar-refractivity contribution < 1.29 is 13.2 Å². The predicted molar refractivity (Wildman–Crippen MR) is 104 cm³/mol. The van der Waals surface area contributed by atoms with Crippen LogP contribution in [0, 0.1) is 6.92 Å². The maximum absolute atomic E-state index is 12.7. The van der Waals surface area contributed by atoms with Gasteiger partial charge in [0, 0.05) is 25.2 Å². The highest BCUT2D eigenvalue weighted by atomic mass is 35.5. The van der Waals surface area contributed by atoms with Gasteiger partial charge < -0.3 is 10.2 Å². The number of aryl methyl sites for hydroxylation is 1. The largest absolute Gasteiger partial charge is 0.341 e. The molecule has 0 radical (unpaired) electrons. The summed E-state index contributed by atoms with van der Waals surface area (Å²) in [6.07, 6.45) is 4.21. The molecular formula is C18H28ClN3O3S. The van der Waals surface area contributed by atoms with E-state index >= 15 is 0 Å². The van der Waals surface area contributed by atoms with Crippen molar-refractivity contribution in [3.8, 4) is 0 Å². The van der Waals surface area contributed by atoms with E-state index in [-0.39, 0.29) is 29.3 Å². The van der Waals surface area contributed by atoms with Crippen LogP contribution in [0.2, 0.25) is 0 Å². The van der Waals surface area contributed by atoms with Crippen molar-refractivity contribution in [2.45, 2.75) is 68.6 Å². The third-order valence-corrected chi connectivity index (χ3v) is 6.93. The lowest BCUT2D eigenvalue weighted by atomic mass is 9.98. The lowest BCUT2D eigenvalue weighted by molar-refractivity contribution is -0.134. The summed E-state index contributed by atoms with van der Waals surface area (Å²) in [5.41, 5.74) is 0.989. The van der Waals surface area contributed by atoms with Gasteiger partial charge in [0.15, 0.2) is 0 Å². The van der Waals surface area contributed by atoms with Crippen molar-refractivity contribution in [1.82, 2.24) is 14.9 Å². The molecule has 1 amide bonds. The average molecular weight is 402 g/mol. The molecule has 2 bridgehead atoms. The standard InChI is InChI=1S/C18H27N3O3S.ClH/c1-12-4-8-17(9-5-12)25(23,24)20-13(2)18(22)21(3)16-10-14-6-7-15(11-16)19-14;/h4-5,8-9,13-16,19-20H,6-7,10-11H2,1-3H3;1H. The Bertz CT molecular complexity index is 727. The average Bonchev–Trinajstić information content (AvgIpc) is 2.91. The fourth-order valence-corrected chi connectivity index (χ4v) is 5.09. The predicted octanol–water partition coefficient (Wildman–Crippen LogP) is 1.83. The van der Waals surface area contributed by atoms with Gasteiger partial charge in [-0.15, -0.1) is 12.4 Å². The Kier molecular flexibility index (Phi) is 6.71. The molecule has 3 rings (SSSR count). The number of carbonyl (C=O) groups is 1. The Labute approximate surface area is 162 Å². The topological polar surface area (TPSA) is 78.5 Å². The van der Waals surface area contributed by atoms with Gasteiger partial charge in [-0.25, -0.2) is 8.42 Å². The van der Waals surface area contributed by atoms with E-state index in [1.165, 1.54) is 12.8 Å². The molecule has 2 heterocycles. The third-order valence-electron chi connectivity index (χ3n) is 5.38.